The van der Waals surface area contributed by atoms with Gasteiger partial charge in [0.25, 0.3) is 0 Å². The average molecular weight is 337 g/mol. The summed E-state index contributed by atoms with van der Waals surface area (Å²) < 4.78 is 10.7. The second-order valence-corrected chi connectivity index (χ2v) is 6.27. The Kier molecular flexibility index (Phi) is 5.02. The molecule has 4 nitrogen and oxygen atoms in total. The summed E-state index contributed by atoms with van der Waals surface area (Å²) in [4.78, 5) is 11.9. The van der Waals surface area contributed by atoms with Crippen molar-refractivity contribution in [3.8, 4) is 11.1 Å². The van der Waals surface area contributed by atoms with E-state index < -0.39 is 5.60 Å². The fraction of sp³-hybridized carbons (Fsp3) is 0.286. The zero-order valence-electron chi connectivity index (χ0n) is 14.6. The molecular formula is C21H23NO3. The molecule has 0 aliphatic carbocycles. The number of esters is 1. The molecule has 1 N–H and O–H groups in total. The minimum atomic E-state index is -0.537. The maximum absolute atomic E-state index is 11.9. The second-order valence-electron chi connectivity index (χ2n) is 6.27. The number of carbonyl (C=O) groups excluding carboxylic acids is 1. The zero-order chi connectivity index (χ0) is 17.9. The van der Waals surface area contributed by atoms with E-state index in [4.69, 9.17) is 9.47 Å². The largest absolute Gasteiger partial charge is 0.468 e. The third-order valence-electron chi connectivity index (χ3n) is 4.89. The molecule has 0 saturated carbocycles. The van der Waals surface area contributed by atoms with E-state index in [1.165, 1.54) is 7.11 Å². The van der Waals surface area contributed by atoms with Crippen LogP contribution in [-0.2, 0) is 19.9 Å². The fourth-order valence-corrected chi connectivity index (χ4v) is 3.39. The van der Waals surface area contributed by atoms with Crippen LogP contribution >= 0.6 is 0 Å². The van der Waals surface area contributed by atoms with E-state index in [0.29, 0.717) is 13.0 Å². The SMILES string of the molecule is C=Cc1cccc(-c2cccc(C3(OC)CNC(C(=O)OC)C3)c2)c1. The van der Waals surface area contributed by atoms with E-state index in [-0.39, 0.29) is 12.0 Å². The van der Waals surface area contributed by atoms with Crippen LogP contribution in [0.1, 0.15) is 17.5 Å². The number of carbonyl (C=O) groups is 1. The van der Waals surface area contributed by atoms with E-state index in [2.05, 4.69) is 36.2 Å². The van der Waals surface area contributed by atoms with Gasteiger partial charge in [-0.15, -0.1) is 0 Å². The van der Waals surface area contributed by atoms with Crippen molar-refractivity contribution >= 4 is 12.0 Å². The van der Waals surface area contributed by atoms with Gasteiger partial charge in [0.15, 0.2) is 0 Å². The van der Waals surface area contributed by atoms with Gasteiger partial charge in [0.05, 0.1) is 7.11 Å². The molecule has 25 heavy (non-hydrogen) atoms. The molecule has 0 radical (unpaired) electrons. The van der Waals surface area contributed by atoms with Gasteiger partial charge in [0.1, 0.15) is 11.6 Å². The van der Waals surface area contributed by atoms with E-state index in [1.807, 2.05) is 30.3 Å². The molecule has 0 amide bonds. The number of ether oxygens (including phenoxy) is 2. The summed E-state index contributed by atoms with van der Waals surface area (Å²) in [6.45, 7) is 4.40. The van der Waals surface area contributed by atoms with Crippen molar-refractivity contribution in [1.29, 1.82) is 0 Å². The van der Waals surface area contributed by atoms with Crippen LogP contribution in [0.4, 0.5) is 0 Å². The summed E-state index contributed by atoms with van der Waals surface area (Å²) in [6, 6.07) is 16.2. The molecule has 0 spiro atoms. The summed E-state index contributed by atoms with van der Waals surface area (Å²) in [5.41, 5.74) is 3.83. The van der Waals surface area contributed by atoms with Crippen LogP contribution in [0.15, 0.2) is 55.1 Å². The Morgan fingerprint density at radius 3 is 2.60 bits per heavy atom. The van der Waals surface area contributed by atoms with Crippen LogP contribution in [0, 0.1) is 0 Å². The summed E-state index contributed by atoms with van der Waals surface area (Å²) in [5, 5.41) is 3.21. The van der Waals surface area contributed by atoms with Crippen LogP contribution in [-0.4, -0.2) is 32.8 Å². The number of nitrogens with one attached hydrogen (secondary N) is 1. The number of hydrogen-bond donors (Lipinski definition) is 1. The molecular weight excluding hydrogens is 314 g/mol. The standard InChI is InChI=1S/C21H23NO3/c1-4-15-7-5-8-16(11-15)17-9-6-10-18(12-17)21(25-3)13-19(22-14-21)20(23)24-2/h4-12,19,22H,1,13-14H2,2-3H3. The minimum Gasteiger partial charge on any atom is -0.468 e. The van der Waals surface area contributed by atoms with Gasteiger partial charge in [0.2, 0.25) is 0 Å². The molecule has 3 rings (SSSR count). The third-order valence-corrected chi connectivity index (χ3v) is 4.89. The lowest BCUT2D eigenvalue weighted by atomic mass is 9.88. The predicted octanol–water partition coefficient (Wildman–Crippen LogP) is 3.37. The summed E-state index contributed by atoms with van der Waals surface area (Å²) >= 11 is 0. The van der Waals surface area contributed by atoms with E-state index in [0.717, 1.165) is 22.3 Å². The molecule has 1 saturated heterocycles. The van der Waals surface area contributed by atoms with E-state index in [9.17, 15) is 4.79 Å². The smallest absolute Gasteiger partial charge is 0.322 e. The summed E-state index contributed by atoms with van der Waals surface area (Å²) in [7, 11) is 3.09. The van der Waals surface area contributed by atoms with Crippen molar-refractivity contribution in [2.45, 2.75) is 18.1 Å². The van der Waals surface area contributed by atoms with Gasteiger partial charge in [-0.05, 0) is 34.4 Å². The van der Waals surface area contributed by atoms with Crippen molar-refractivity contribution in [3.63, 3.8) is 0 Å². The lowest BCUT2D eigenvalue weighted by Gasteiger charge is -2.28. The molecule has 2 aromatic carbocycles. The van der Waals surface area contributed by atoms with Gasteiger partial charge in [-0.25, -0.2) is 0 Å². The first-order valence-corrected chi connectivity index (χ1v) is 8.31. The molecule has 130 valence electrons. The molecule has 2 atom stereocenters. The Bertz CT molecular complexity index is 786. The topological polar surface area (TPSA) is 47.6 Å². The molecule has 4 heteroatoms. The first-order chi connectivity index (χ1) is 12.1. The highest BCUT2D eigenvalue weighted by atomic mass is 16.5. The highest BCUT2D eigenvalue weighted by molar-refractivity contribution is 5.76. The van der Waals surface area contributed by atoms with Crippen LogP contribution in [0.25, 0.3) is 17.2 Å². The van der Waals surface area contributed by atoms with Crippen molar-refractivity contribution in [3.05, 3.63) is 66.2 Å². The first kappa shape index (κ1) is 17.4. The lowest BCUT2D eigenvalue weighted by Crippen LogP contribution is -2.31. The third kappa shape index (κ3) is 3.36. The Morgan fingerprint density at radius 1 is 1.20 bits per heavy atom. The molecule has 0 aromatic heterocycles. The lowest BCUT2D eigenvalue weighted by molar-refractivity contribution is -0.143. The van der Waals surface area contributed by atoms with Gasteiger partial charge in [0, 0.05) is 20.1 Å². The van der Waals surface area contributed by atoms with Crippen molar-refractivity contribution in [1.82, 2.24) is 5.32 Å². The molecule has 2 aromatic rings. The van der Waals surface area contributed by atoms with Crippen molar-refractivity contribution < 1.29 is 14.3 Å². The highest BCUT2D eigenvalue weighted by Gasteiger charge is 2.43. The fourth-order valence-electron chi connectivity index (χ4n) is 3.39. The number of benzene rings is 2. The van der Waals surface area contributed by atoms with Gasteiger partial charge < -0.3 is 14.8 Å². The number of hydrogen-bond acceptors (Lipinski definition) is 4. The molecule has 1 heterocycles. The van der Waals surface area contributed by atoms with Gasteiger partial charge in [-0.1, -0.05) is 49.1 Å². The van der Waals surface area contributed by atoms with Crippen LogP contribution in [0.3, 0.4) is 0 Å². The maximum Gasteiger partial charge on any atom is 0.322 e. The van der Waals surface area contributed by atoms with Gasteiger partial charge in [-0.2, -0.15) is 0 Å². The Balaban J connectivity index is 1.95. The quantitative estimate of drug-likeness (QED) is 0.850. The number of methoxy groups -OCH3 is 2. The number of rotatable bonds is 5. The Morgan fingerprint density at radius 2 is 1.92 bits per heavy atom. The average Bonchev–Trinajstić information content (AvgIpc) is 3.13. The molecule has 1 aliphatic rings. The Hall–Kier alpha value is -2.43. The van der Waals surface area contributed by atoms with Crippen LogP contribution < -0.4 is 5.32 Å². The van der Waals surface area contributed by atoms with E-state index >= 15 is 0 Å². The van der Waals surface area contributed by atoms with Crippen molar-refractivity contribution in [2.75, 3.05) is 20.8 Å². The summed E-state index contributed by atoms with van der Waals surface area (Å²) in [5.74, 6) is -0.256. The van der Waals surface area contributed by atoms with Crippen LogP contribution in [0.5, 0.6) is 0 Å². The Labute approximate surface area is 148 Å². The monoisotopic (exact) mass is 337 g/mol. The van der Waals surface area contributed by atoms with Crippen molar-refractivity contribution in [2.24, 2.45) is 0 Å². The molecule has 2 unspecified atom stereocenters. The molecule has 1 fully saturated rings. The predicted molar refractivity (Wildman–Crippen MR) is 99.1 cm³/mol. The van der Waals surface area contributed by atoms with Crippen LogP contribution in [0.2, 0.25) is 0 Å². The summed E-state index contributed by atoms with van der Waals surface area (Å²) in [6.07, 6.45) is 2.39. The van der Waals surface area contributed by atoms with Gasteiger partial charge >= 0.3 is 5.97 Å². The normalized spacial score (nSPS) is 22.6. The molecule has 1 aliphatic heterocycles. The highest BCUT2D eigenvalue weighted by Crippen LogP contribution is 2.36. The van der Waals surface area contributed by atoms with Gasteiger partial charge in [-0.3, -0.25) is 4.79 Å². The zero-order valence-corrected chi connectivity index (χ0v) is 14.6. The minimum absolute atomic E-state index is 0.256. The maximum atomic E-state index is 11.9. The molecule has 0 bridgehead atoms. The second kappa shape index (κ2) is 7.21. The van der Waals surface area contributed by atoms with E-state index in [1.54, 1.807) is 7.11 Å². The first-order valence-electron chi connectivity index (χ1n) is 8.31.